The van der Waals surface area contributed by atoms with Crippen LogP contribution in [0.5, 0.6) is 0 Å². The summed E-state index contributed by atoms with van der Waals surface area (Å²) in [6.07, 6.45) is 1.42. The Hall–Kier alpha value is -1.88. The molecule has 2 heterocycles. The van der Waals surface area contributed by atoms with Crippen molar-refractivity contribution in [1.29, 1.82) is 0 Å². The Balaban J connectivity index is 1.74. The van der Waals surface area contributed by atoms with Crippen molar-refractivity contribution in [3.8, 4) is 0 Å². The molecule has 2 amide bonds. The molecule has 2 aliphatic heterocycles. The molecule has 0 unspecified atom stereocenters. The average molecular weight is 301 g/mol. The molecule has 2 N–H and O–H groups in total. The lowest BCUT2D eigenvalue weighted by Crippen LogP contribution is -2.40. The van der Waals surface area contributed by atoms with Crippen LogP contribution in [-0.4, -0.2) is 42.4 Å². The molecule has 0 aromatic heterocycles. The second kappa shape index (κ2) is 5.72. The van der Waals surface area contributed by atoms with Crippen LogP contribution < -0.4 is 10.6 Å². The zero-order valence-corrected chi connectivity index (χ0v) is 13.2. The van der Waals surface area contributed by atoms with Crippen LogP contribution in [-0.2, 0) is 9.59 Å². The van der Waals surface area contributed by atoms with Crippen LogP contribution in [0.2, 0.25) is 0 Å². The van der Waals surface area contributed by atoms with E-state index in [1.165, 1.54) is 5.56 Å². The first kappa shape index (κ1) is 15.0. The molecule has 0 aliphatic carbocycles. The van der Waals surface area contributed by atoms with Crippen LogP contribution >= 0.6 is 0 Å². The predicted octanol–water partition coefficient (Wildman–Crippen LogP) is 1.22. The molecule has 0 bridgehead atoms. The van der Waals surface area contributed by atoms with Gasteiger partial charge in [0.15, 0.2) is 0 Å². The molecule has 2 saturated heterocycles. The van der Waals surface area contributed by atoms with Gasteiger partial charge >= 0.3 is 0 Å². The van der Waals surface area contributed by atoms with E-state index in [1.807, 2.05) is 32.0 Å². The van der Waals surface area contributed by atoms with Gasteiger partial charge < -0.3 is 15.5 Å². The first-order valence-electron chi connectivity index (χ1n) is 7.90. The number of amides is 2. The maximum atomic E-state index is 12.6. The second-order valence-corrected chi connectivity index (χ2v) is 6.43. The quantitative estimate of drug-likeness (QED) is 0.835. The third-order valence-corrected chi connectivity index (χ3v) is 4.84. The first-order chi connectivity index (χ1) is 10.5. The number of nitrogens with two attached hydrogens (primary N) is 1. The highest BCUT2D eigenvalue weighted by atomic mass is 16.2. The van der Waals surface area contributed by atoms with Gasteiger partial charge in [0.05, 0.1) is 0 Å². The molecule has 22 heavy (non-hydrogen) atoms. The van der Waals surface area contributed by atoms with Gasteiger partial charge in [-0.2, -0.15) is 0 Å². The summed E-state index contributed by atoms with van der Waals surface area (Å²) in [6, 6.07) is 6.05. The fourth-order valence-electron chi connectivity index (χ4n) is 3.27. The van der Waals surface area contributed by atoms with Crippen LogP contribution in [0.1, 0.15) is 24.0 Å². The minimum Gasteiger partial charge on any atom is -0.340 e. The lowest BCUT2D eigenvalue weighted by Gasteiger charge is -2.21. The number of anilines is 1. The second-order valence-electron chi connectivity index (χ2n) is 6.43. The zero-order chi connectivity index (χ0) is 15.9. The largest absolute Gasteiger partial charge is 0.340 e. The Bertz CT molecular complexity index is 614. The Morgan fingerprint density at radius 3 is 2.59 bits per heavy atom. The fourth-order valence-corrected chi connectivity index (χ4v) is 3.27. The topological polar surface area (TPSA) is 66.6 Å². The molecule has 118 valence electrons. The van der Waals surface area contributed by atoms with E-state index in [9.17, 15) is 9.59 Å². The fraction of sp³-hybridized carbons (Fsp3) is 0.529. The van der Waals surface area contributed by atoms with Gasteiger partial charge in [-0.15, -0.1) is 0 Å². The summed E-state index contributed by atoms with van der Waals surface area (Å²) in [6.45, 7) is 5.94. The van der Waals surface area contributed by atoms with Gasteiger partial charge in [0.2, 0.25) is 11.8 Å². The first-order valence-corrected chi connectivity index (χ1v) is 7.90. The van der Waals surface area contributed by atoms with E-state index in [0.29, 0.717) is 26.1 Å². The zero-order valence-electron chi connectivity index (χ0n) is 13.2. The Labute approximate surface area is 131 Å². The monoisotopic (exact) mass is 301 g/mol. The molecule has 2 atom stereocenters. The van der Waals surface area contributed by atoms with Gasteiger partial charge in [0.25, 0.3) is 0 Å². The van der Waals surface area contributed by atoms with Gasteiger partial charge in [-0.3, -0.25) is 9.59 Å². The maximum Gasteiger partial charge on any atom is 0.239 e. The molecule has 5 heteroatoms. The number of carbonyl (C=O) groups is 2. The van der Waals surface area contributed by atoms with E-state index in [4.69, 9.17) is 5.73 Å². The highest BCUT2D eigenvalue weighted by Gasteiger charge is 2.40. The molecule has 5 nitrogen and oxygen atoms in total. The van der Waals surface area contributed by atoms with Crippen LogP contribution in [0.15, 0.2) is 18.2 Å². The van der Waals surface area contributed by atoms with E-state index in [-0.39, 0.29) is 17.9 Å². The van der Waals surface area contributed by atoms with Crippen molar-refractivity contribution < 1.29 is 9.59 Å². The summed E-state index contributed by atoms with van der Waals surface area (Å²) in [7, 11) is 0. The summed E-state index contributed by atoms with van der Waals surface area (Å²) >= 11 is 0. The maximum absolute atomic E-state index is 12.6. The predicted molar refractivity (Wildman–Crippen MR) is 85.5 cm³/mol. The molecule has 3 rings (SSSR count). The number of nitrogens with zero attached hydrogens (tertiary/aromatic N) is 2. The van der Waals surface area contributed by atoms with E-state index in [1.54, 1.807) is 9.80 Å². The minimum absolute atomic E-state index is 0.0516. The summed E-state index contributed by atoms with van der Waals surface area (Å²) in [4.78, 5) is 28.6. The van der Waals surface area contributed by atoms with E-state index >= 15 is 0 Å². The van der Waals surface area contributed by atoms with Crippen LogP contribution in [0.3, 0.4) is 0 Å². The Morgan fingerprint density at radius 2 is 1.95 bits per heavy atom. The Kier molecular flexibility index (Phi) is 3.91. The average Bonchev–Trinajstić information content (AvgIpc) is 3.08. The van der Waals surface area contributed by atoms with Gasteiger partial charge in [-0.25, -0.2) is 0 Å². The number of rotatable bonds is 2. The summed E-state index contributed by atoms with van der Waals surface area (Å²) in [5, 5.41) is 0. The molecule has 0 saturated carbocycles. The number of carbonyl (C=O) groups excluding carboxylic acids is 2. The molecule has 2 aliphatic rings. The van der Waals surface area contributed by atoms with Crippen molar-refractivity contribution in [3.63, 3.8) is 0 Å². The highest BCUT2D eigenvalue weighted by Crippen LogP contribution is 2.28. The molecular weight excluding hydrogens is 278 g/mol. The minimum atomic E-state index is -0.535. The van der Waals surface area contributed by atoms with Crippen molar-refractivity contribution in [2.24, 2.45) is 11.7 Å². The molecule has 0 spiro atoms. The smallest absolute Gasteiger partial charge is 0.239 e. The number of benzene rings is 1. The van der Waals surface area contributed by atoms with Crippen molar-refractivity contribution in [2.75, 3.05) is 24.5 Å². The Morgan fingerprint density at radius 1 is 1.18 bits per heavy atom. The summed E-state index contributed by atoms with van der Waals surface area (Å²) in [5.74, 6) is -0.662. The van der Waals surface area contributed by atoms with E-state index < -0.39 is 5.92 Å². The van der Waals surface area contributed by atoms with Crippen molar-refractivity contribution in [3.05, 3.63) is 29.3 Å². The van der Waals surface area contributed by atoms with Gasteiger partial charge in [-0.1, -0.05) is 6.07 Å². The van der Waals surface area contributed by atoms with E-state index in [0.717, 1.165) is 17.7 Å². The molecular formula is C17H23N3O2. The summed E-state index contributed by atoms with van der Waals surface area (Å²) in [5.41, 5.74) is 9.11. The molecule has 1 aromatic rings. The number of likely N-dealkylation sites (tertiary alicyclic amines) is 1. The number of hydrogen-bond donors (Lipinski definition) is 1. The lowest BCUT2D eigenvalue weighted by atomic mass is 10.1. The van der Waals surface area contributed by atoms with Gasteiger partial charge in [0.1, 0.15) is 5.92 Å². The van der Waals surface area contributed by atoms with Crippen molar-refractivity contribution >= 4 is 17.5 Å². The van der Waals surface area contributed by atoms with Crippen molar-refractivity contribution in [1.82, 2.24) is 4.90 Å². The molecule has 2 fully saturated rings. The molecule has 1 aromatic carbocycles. The van der Waals surface area contributed by atoms with Gasteiger partial charge in [-0.05, 0) is 49.9 Å². The normalized spacial score (nSPS) is 25.1. The number of aryl methyl sites for hydroxylation is 2. The van der Waals surface area contributed by atoms with Crippen LogP contribution in [0.4, 0.5) is 5.69 Å². The molecule has 0 radical (unpaired) electrons. The number of hydrogen-bond acceptors (Lipinski definition) is 3. The van der Waals surface area contributed by atoms with Crippen LogP contribution in [0.25, 0.3) is 0 Å². The van der Waals surface area contributed by atoms with Gasteiger partial charge in [0, 0.05) is 31.4 Å². The standard InChI is InChI=1S/C17H23N3O2/c1-11-3-4-14(9-12(11)2)20-8-6-15(17(20)22)16(21)19-7-5-13(18)10-19/h3-4,9,13,15H,5-8,10,18H2,1-2H3/t13-,15+/m1/s1. The lowest BCUT2D eigenvalue weighted by molar-refractivity contribution is -0.139. The van der Waals surface area contributed by atoms with E-state index in [2.05, 4.69) is 0 Å². The van der Waals surface area contributed by atoms with Crippen molar-refractivity contribution in [2.45, 2.75) is 32.7 Å². The SMILES string of the molecule is Cc1ccc(N2CC[C@@H](C(=O)N3CC[C@@H](N)C3)C2=O)cc1C. The van der Waals surface area contributed by atoms with Crippen LogP contribution in [0, 0.1) is 19.8 Å². The third-order valence-electron chi connectivity index (χ3n) is 4.84. The summed E-state index contributed by atoms with van der Waals surface area (Å²) < 4.78 is 0. The highest BCUT2D eigenvalue weighted by molar-refractivity contribution is 6.09. The third kappa shape index (κ3) is 2.61.